The summed E-state index contributed by atoms with van der Waals surface area (Å²) in [6.45, 7) is 0. The fourth-order valence-corrected chi connectivity index (χ4v) is 1.86. The van der Waals surface area contributed by atoms with Gasteiger partial charge >= 0.3 is 0 Å². The van der Waals surface area contributed by atoms with Crippen LogP contribution in [-0.4, -0.2) is 9.55 Å². The number of halogens is 2. The van der Waals surface area contributed by atoms with Gasteiger partial charge in [0, 0.05) is 19.4 Å². The second kappa shape index (κ2) is 5.24. The van der Waals surface area contributed by atoms with Crippen molar-refractivity contribution in [2.24, 2.45) is 12.9 Å². The molecule has 6 heteroatoms. The van der Waals surface area contributed by atoms with E-state index in [1.807, 2.05) is 7.05 Å². The Morgan fingerprint density at radius 3 is 2.83 bits per heavy atom. The molecule has 0 spiro atoms. The Balaban J connectivity index is 2.26. The summed E-state index contributed by atoms with van der Waals surface area (Å²) < 4.78 is 28.5. The van der Waals surface area contributed by atoms with E-state index < -0.39 is 11.6 Å². The van der Waals surface area contributed by atoms with E-state index >= 15 is 0 Å². The smallest absolute Gasteiger partial charge is 0.162 e. The maximum atomic E-state index is 13.6. The molecule has 3 N–H and O–H groups in total. The molecule has 0 aliphatic heterocycles. The third kappa shape index (κ3) is 2.39. The van der Waals surface area contributed by atoms with Gasteiger partial charge in [0.05, 0.1) is 6.04 Å². The van der Waals surface area contributed by atoms with Crippen molar-refractivity contribution in [2.45, 2.75) is 12.5 Å². The average molecular weight is 252 g/mol. The van der Waals surface area contributed by atoms with Gasteiger partial charge in [-0.15, -0.1) is 0 Å². The van der Waals surface area contributed by atoms with Gasteiger partial charge in [-0.1, -0.05) is 12.1 Å². The summed E-state index contributed by atoms with van der Waals surface area (Å²) in [6.07, 6.45) is 3.62. The zero-order chi connectivity index (χ0) is 13.1. The summed E-state index contributed by atoms with van der Waals surface area (Å²) in [6, 6.07) is 3.72. The second-order valence-corrected chi connectivity index (χ2v) is 4.03. The number of rotatable bonds is 4. The highest BCUT2D eigenvalue weighted by molar-refractivity contribution is 5.21. The summed E-state index contributed by atoms with van der Waals surface area (Å²) in [4.78, 5) is 4.14. The molecule has 1 aromatic carbocycles. The van der Waals surface area contributed by atoms with Crippen LogP contribution in [0.5, 0.6) is 0 Å². The molecule has 0 bridgehead atoms. The van der Waals surface area contributed by atoms with Gasteiger partial charge < -0.3 is 4.57 Å². The predicted octanol–water partition coefficient (Wildman–Crippen LogP) is 1.45. The SMILES string of the molecule is Cn1ccnc1C(Cc1cccc(F)c1F)NN. The fourth-order valence-electron chi connectivity index (χ4n) is 1.86. The minimum absolute atomic E-state index is 0.227. The molecule has 0 saturated carbocycles. The number of imidazole rings is 1. The summed E-state index contributed by atoms with van der Waals surface area (Å²) in [5.41, 5.74) is 2.83. The quantitative estimate of drug-likeness (QED) is 0.639. The zero-order valence-electron chi connectivity index (χ0n) is 9.90. The first-order valence-electron chi connectivity index (χ1n) is 5.49. The molecule has 0 aliphatic rings. The number of nitrogens with one attached hydrogen (secondary N) is 1. The molecule has 1 heterocycles. The molecule has 2 rings (SSSR count). The van der Waals surface area contributed by atoms with Crippen molar-refractivity contribution in [3.8, 4) is 0 Å². The van der Waals surface area contributed by atoms with Gasteiger partial charge in [0.1, 0.15) is 5.82 Å². The van der Waals surface area contributed by atoms with E-state index in [2.05, 4.69) is 10.4 Å². The molecule has 0 amide bonds. The molecular formula is C12H14F2N4. The monoisotopic (exact) mass is 252 g/mol. The molecule has 18 heavy (non-hydrogen) atoms. The largest absolute Gasteiger partial charge is 0.337 e. The van der Waals surface area contributed by atoms with Gasteiger partial charge in [0.2, 0.25) is 0 Å². The van der Waals surface area contributed by atoms with Crippen molar-refractivity contribution in [2.75, 3.05) is 0 Å². The third-order valence-electron chi connectivity index (χ3n) is 2.83. The normalized spacial score (nSPS) is 12.7. The molecule has 1 aromatic heterocycles. The zero-order valence-corrected chi connectivity index (χ0v) is 9.90. The molecule has 1 unspecified atom stereocenters. The first kappa shape index (κ1) is 12.7. The van der Waals surface area contributed by atoms with E-state index in [9.17, 15) is 8.78 Å². The number of hydrogen-bond acceptors (Lipinski definition) is 3. The van der Waals surface area contributed by atoms with Crippen molar-refractivity contribution in [3.05, 3.63) is 53.6 Å². The van der Waals surface area contributed by atoms with Crippen LogP contribution in [0.2, 0.25) is 0 Å². The molecule has 0 fully saturated rings. The standard InChI is InChI=1S/C12H14F2N4/c1-18-6-5-16-12(18)10(17-15)7-8-3-2-4-9(13)11(8)14/h2-6,10,17H,7,15H2,1H3. The van der Waals surface area contributed by atoms with Crippen LogP contribution in [0.15, 0.2) is 30.6 Å². The van der Waals surface area contributed by atoms with E-state index in [4.69, 9.17) is 5.84 Å². The first-order chi connectivity index (χ1) is 8.63. The molecule has 2 aromatic rings. The molecule has 0 aliphatic carbocycles. The number of hydrazine groups is 1. The second-order valence-electron chi connectivity index (χ2n) is 4.03. The lowest BCUT2D eigenvalue weighted by atomic mass is 10.0. The molecule has 0 saturated heterocycles. The topological polar surface area (TPSA) is 55.9 Å². The van der Waals surface area contributed by atoms with Gasteiger partial charge in [-0.3, -0.25) is 5.84 Å². The lowest BCUT2D eigenvalue weighted by molar-refractivity contribution is 0.468. The van der Waals surface area contributed by atoms with Crippen molar-refractivity contribution in [3.63, 3.8) is 0 Å². The Bertz CT molecular complexity index is 539. The molecular weight excluding hydrogens is 238 g/mol. The molecule has 0 radical (unpaired) electrons. The minimum Gasteiger partial charge on any atom is -0.337 e. The van der Waals surface area contributed by atoms with E-state index in [1.54, 1.807) is 17.0 Å². The Labute approximate surface area is 103 Å². The van der Waals surface area contributed by atoms with Crippen LogP contribution in [0.4, 0.5) is 8.78 Å². The number of aromatic nitrogens is 2. The maximum Gasteiger partial charge on any atom is 0.162 e. The van der Waals surface area contributed by atoms with Crippen molar-refractivity contribution >= 4 is 0 Å². The first-order valence-corrected chi connectivity index (χ1v) is 5.49. The highest BCUT2D eigenvalue weighted by Gasteiger charge is 2.18. The maximum absolute atomic E-state index is 13.6. The van der Waals surface area contributed by atoms with Crippen molar-refractivity contribution < 1.29 is 8.78 Å². The van der Waals surface area contributed by atoms with E-state index in [-0.39, 0.29) is 18.0 Å². The number of nitrogens with zero attached hydrogens (tertiary/aromatic N) is 2. The van der Waals surface area contributed by atoms with E-state index in [0.717, 1.165) is 6.07 Å². The third-order valence-corrected chi connectivity index (χ3v) is 2.83. The molecule has 96 valence electrons. The van der Waals surface area contributed by atoms with Crippen LogP contribution in [0, 0.1) is 11.6 Å². The lowest BCUT2D eigenvalue weighted by Crippen LogP contribution is -2.31. The van der Waals surface area contributed by atoms with Gasteiger partial charge in [0.25, 0.3) is 0 Å². The predicted molar refractivity (Wildman–Crippen MR) is 63.3 cm³/mol. The van der Waals surface area contributed by atoms with Crippen LogP contribution in [0.3, 0.4) is 0 Å². The van der Waals surface area contributed by atoms with E-state index in [1.165, 1.54) is 12.1 Å². The van der Waals surface area contributed by atoms with E-state index in [0.29, 0.717) is 5.82 Å². The van der Waals surface area contributed by atoms with Gasteiger partial charge in [-0.2, -0.15) is 0 Å². The van der Waals surface area contributed by atoms with Gasteiger partial charge in [-0.05, 0) is 18.1 Å². The Morgan fingerprint density at radius 2 is 2.22 bits per heavy atom. The fraction of sp³-hybridized carbons (Fsp3) is 0.250. The van der Waals surface area contributed by atoms with Crippen LogP contribution in [0.1, 0.15) is 17.4 Å². The summed E-state index contributed by atoms with van der Waals surface area (Å²) in [7, 11) is 1.81. The Kier molecular flexibility index (Phi) is 3.69. The van der Waals surface area contributed by atoms with Gasteiger partial charge in [-0.25, -0.2) is 19.2 Å². The highest BCUT2D eigenvalue weighted by atomic mass is 19.2. The summed E-state index contributed by atoms with van der Waals surface area (Å²) in [5.74, 6) is 4.42. The summed E-state index contributed by atoms with van der Waals surface area (Å²) >= 11 is 0. The van der Waals surface area contributed by atoms with Crippen LogP contribution in [-0.2, 0) is 13.5 Å². The van der Waals surface area contributed by atoms with Crippen LogP contribution < -0.4 is 11.3 Å². The number of nitrogens with two attached hydrogens (primary N) is 1. The summed E-state index contributed by atoms with van der Waals surface area (Å²) in [5, 5.41) is 0. The minimum atomic E-state index is -0.858. The lowest BCUT2D eigenvalue weighted by Gasteiger charge is -2.16. The number of aryl methyl sites for hydroxylation is 1. The van der Waals surface area contributed by atoms with Crippen molar-refractivity contribution in [1.29, 1.82) is 0 Å². The van der Waals surface area contributed by atoms with Crippen molar-refractivity contribution in [1.82, 2.24) is 15.0 Å². The Morgan fingerprint density at radius 1 is 1.44 bits per heavy atom. The van der Waals surface area contributed by atoms with Crippen LogP contribution >= 0.6 is 0 Å². The Hall–Kier alpha value is -1.79. The van der Waals surface area contributed by atoms with Gasteiger partial charge in [0.15, 0.2) is 11.6 Å². The number of benzene rings is 1. The van der Waals surface area contributed by atoms with Crippen LogP contribution in [0.25, 0.3) is 0 Å². The molecule has 4 nitrogen and oxygen atoms in total. The number of hydrogen-bond donors (Lipinski definition) is 2. The highest BCUT2D eigenvalue weighted by Crippen LogP contribution is 2.19. The molecule has 1 atom stereocenters. The average Bonchev–Trinajstić information content (AvgIpc) is 2.77.